The van der Waals surface area contributed by atoms with E-state index in [0.717, 1.165) is 53.9 Å². The van der Waals surface area contributed by atoms with Crippen molar-refractivity contribution in [3.8, 4) is 22.3 Å². The number of para-hydroxylation sites is 2. The topological polar surface area (TPSA) is 22.9 Å². The molecule has 1 aromatic heterocycles. The maximum absolute atomic E-state index is 7.31. The highest BCUT2D eigenvalue weighted by molar-refractivity contribution is 6.93. The highest BCUT2D eigenvalue weighted by Gasteiger charge is 2.62. The van der Waals surface area contributed by atoms with Gasteiger partial charge in [0.2, 0.25) is 0 Å². The summed E-state index contributed by atoms with van der Waals surface area (Å²) in [5, 5.41) is 2.38. The van der Waals surface area contributed by atoms with Crippen molar-refractivity contribution in [1.82, 2.24) is 0 Å². The van der Waals surface area contributed by atoms with Crippen LogP contribution in [-0.4, -0.2) is 12.4 Å². The van der Waals surface area contributed by atoms with Gasteiger partial charge >= 0.3 is 6.85 Å². The van der Waals surface area contributed by atoms with E-state index in [1.54, 1.807) is 0 Å². The van der Waals surface area contributed by atoms with Crippen LogP contribution in [0.15, 0.2) is 162 Å². The predicted octanol–water partition coefficient (Wildman–Crippen LogP) is 18.6. The van der Waals surface area contributed by atoms with Crippen LogP contribution in [0.4, 0.5) is 39.8 Å². The molecule has 0 bridgehead atoms. The Hall–Kier alpha value is -6.98. The zero-order chi connectivity index (χ0) is 53.3. The Morgan fingerprint density at radius 1 is 0.481 bits per heavy atom. The van der Waals surface area contributed by atoms with Crippen molar-refractivity contribution in [3.63, 3.8) is 0 Å². The summed E-state index contributed by atoms with van der Waals surface area (Å²) in [4.78, 5) is 8.18. The van der Waals surface area contributed by atoms with Crippen molar-refractivity contribution in [2.24, 2.45) is 0 Å². The van der Waals surface area contributed by atoms with Gasteiger partial charge in [-0.1, -0.05) is 174 Å². The third kappa shape index (κ3) is 6.96. The smallest absolute Gasteiger partial charge is 0.333 e. The number of fused-ring (bicyclic) bond motifs is 11. The van der Waals surface area contributed by atoms with Gasteiger partial charge in [0.25, 0.3) is 0 Å². The second-order valence-corrected chi connectivity index (χ2v) is 27.5. The SMILES string of the molecule is CC(C)(C)c1ccc(N2B3c4cc(C(C)(C)C)cc5c4N(c4cc(N(c6ccccc6)c6ccccc6)cc(c43)-c3cc4c(cc32)oc2cc3c(cc24)C(C)(C)CCC3(C)C)C2(C)CCCCC52C)c(-c2ccccc2)c1. The molecule has 5 heteroatoms. The lowest BCUT2D eigenvalue weighted by atomic mass is 9.43. The van der Waals surface area contributed by atoms with E-state index in [2.05, 4.69) is 255 Å². The Bertz CT molecular complexity index is 3850. The van der Waals surface area contributed by atoms with Crippen LogP contribution >= 0.6 is 0 Å². The van der Waals surface area contributed by atoms with E-state index in [9.17, 15) is 0 Å². The fourth-order valence-electron chi connectivity index (χ4n) is 15.1. The van der Waals surface area contributed by atoms with Crippen molar-refractivity contribution < 1.29 is 4.42 Å². The third-order valence-electron chi connectivity index (χ3n) is 19.9. The average Bonchev–Trinajstić information content (AvgIpc) is 4.08. The Kier molecular flexibility index (Phi) is 10.2. The number of anilines is 7. The van der Waals surface area contributed by atoms with Crippen molar-refractivity contribution in [2.45, 2.75) is 154 Å². The first-order valence-corrected chi connectivity index (χ1v) is 28.8. The minimum absolute atomic E-state index is 0.0528. The van der Waals surface area contributed by atoms with Gasteiger partial charge in [0.15, 0.2) is 0 Å². The first-order chi connectivity index (χ1) is 36.7. The van der Waals surface area contributed by atoms with Gasteiger partial charge in [0, 0.05) is 73.2 Å². The number of hydrogen-bond acceptors (Lipinski definition) is 4. The van der Waals surface area contributed by atoms with Gasteiger partial charge in [0.1, 0.15) is 11.2 Å². The summed E-state index contributed by atoms with van der Waals surface area (Å²) < 4.78 is 7.31. The fourth-order valence-corrected chi connectivity index (χ4v) is 15.1. The molecule has 0 amide bonds. The molecule has 386 valence electrons. The molecule has 5 aliphatic rings. The van der Waals surface area contributed by atoms with Crippen LogP contribution in [0.5, 0.6) is 0 Å². The van der Waals surface area contributed by atoms with Crippen LogP contribution in [0.3, 0.4) is 0 Å². The zero-order valence-electron chi connectivity index (χ0n) is 47.6. The highest BCUT2D eigenvalue weighted by atomic mass is 16.3. The molecule has 9 aromatic rings. The minimum Gasteiger partial charge on any atom is -0.456 e. The van der Waals surface area contributed by atoms with Crippen LogP contribution in [0.25, 0.3) is 44.2 Å². The molecule has 1 saturated carbocycles. The summed E-state index contributed by atoms with van der Waals surface area (Å²) in [6, 6.07) is 60.9. The molecule has 0 saturated heterocycles. The van der Waals surface area contributed by atoms with Crippen molar-refractivity contribution in [2.75, 3.05) is 14.6 Å². The van der Waals surface area contributed by atoms with E-state index >= 15 is 0 Å². The molecule has 14 rings (SSSR count). The van der Waals surface area contributed by atoms with Crippen molar-refractivity contribution >= 4 is 79.5 Å². The molecular formula is C72H74BN3O. The number of benzene rings is 8. The quantitative estimate of drug-likeness (QED) is 0.160. The molecule has 8 aromatic carbocycles. The third-order valence-corrected chi connectivity index (χ3v) is 19.9. The molecule has 2 unspecified atom stereocenters. The molecule has 0 N–H and O–H groups in total. The Morgan fingerprint density at radius 3 is 1.73 bits per heavy atom. The number of hydrogen-bond donors (Lipinski definition) is 0. The van der Waals surface area contributed by atoms with Gasteiger partial charge in [-0.3, -0.25) is 0 Å². The molecule has 77 heavy (non-hydrogen) atoms. The lowest BCUT2D eigenvalue weighted by Crippen LogP contribution is -2.64. The lowest BCUT2D eigenvalue weighted by Gasteiger charge is -2.53. The maximum atomic E-state index is 7.31. The number of nitrogens with zero attached hydrogens (tertiary/aromatic N) is 3. The van der Waals surface area contributed by atoms with Gasteiger partial charge in [-0.05, 0) is 171 Å². The molecule has 3 aliphatic heterocycles. The van der Waals surface area contributed by atoms with E-state index in [-0.39, 0.29) is 39.5 Å². The molecule has 0 spiro atoms. The van der Waals surface area contributed by atoms with Gasteiger partial charge in [-0.25, -0.2) is 0 Å². The number of furan rings is 1. The van der Waals surface area contributed by atoms with Crippen molar-refractivity contribution in [1.29, 1.82) is 0 Å². The second-order valence-electron chi connectivity index (χ2n) is 27.5. The summed E-state index contributed by atoms with van der Waals surface area (Å²) in [6.45, 7) is 29.1. The van der Waals surface area contributed by atoms with Gasteiger partial charge < -0.3 is 19.0 Å². The summed E-state index contributed by atoms with van der Waals surface area (Å²) in [7, 11) is 0. The van der Waals surface area contributed by atoms with Crippen LogP contribution in [0.1, 0.15) is 149 Å². The van der Waals surface area contributed by atoms with Gasteiger partial charge in [-0.2, -0.15) is 0 Å². The van der Waals surface area contributed by atoms with E-state index in [4.69, 9.17) is 4.42 Å². The van der Waals surface area contributed by atoms with Crippen LogP contribution in [0, 0.1) is 0 Å². The second kappa shape index (κ2) is 16.3. The largest absolute Gasteiger partial charge is 0.456 e. The maximum Gasteiger partial charge on any atom is 0.333 e. The average molecular weight is 1010 g/mol. The summed E-state index contributed by atoms with van der Waals surface area (Å²) in [5.41, 5.74) is 25.1. The molecule has 2 aliphatic carbocycles. The summed E-state index contributed by atoms with van der Waals surface area (Å²) in [6.07, 6.45) is 7.03. The highest BCUT2D eigenvalue weighted by Crippen LogP contribution is 2.64. The molecule has 1 fully saturated rings. The molecular weight excluding hydrogens is 934 g/mol. The van der Waals surface area contributed by atoms with Crippen LogP contribution in [-0.2, 0) is 27.1 Å². The van der Waals surface area contributed by atoms with Crippen molar-refractivity contribution in [3.05, 3.63) is 186 Å². The van der Waals surface area contributed by atoms with E-state index in [1.165, 1.54) is 107 Å². The predicted molar refractivity (Wildman–Crippen MR) is 328 cm³/mol. The standard InChI is InChI=1S/C72H74BN3O/c1-67(2,3)46-30-31-60(51(36-46)45-24-16-13-17-25-45)76-61-44-64-53(54-42-56-57(43-63(54)77-64)70(9,10)35-34-69(56,7)8)41-52(61)55-39-50(74(48-26-18-14-19-27-48)49-28-20-15-21-29-49)40-62-65(55)73(76)59-38-47(68(4,5)6)37-58-66(59)75(62)72(12)33-23-22-32-71(58,72)11/h13-21,24-31,36-44H,22-23,32-35H2,1-12H3. The van der Waals surface area contributed by atoms with E-state index in [1.807, 2.05) is 0 Å². The van der Waals surface area contributed by atoms with Gasteiger partial charge in [0.05, 0.1) is 5.54 Å². The Labute approximate surface area is 458 Å². The van der Waals surface area contributed by atoms with E-state index in [0.29, 0.717) is 0 Å². The molecule has 4 nitrogen and oxygen atoms in total. The minimum atomic E-state index is -0.167. The lowest BCUT2D eigenvalue weighted by molar-refractivity contribution is 0.195. The Morgan fingerprint density at radius 2 is 1.08 bits per heavy atom. The zero-order valence-corrected chi connectivity index (χ0v) is 47.6. The van der Waals surface area contributed by atoms with Gasteiger partial charge in [-0.15, -0.1) is 0 Å². The first-order valence-electron chi connectivity index (χ1n) is 28.8. The Balaban J connectivity index is 1.16. The number of rotatable bonds is 5. The first kappa shape index (κ1) is 48.4. The molecule has 4 heterocycles. The summed E-state index contributed by atoms with van der Waals surface area (Å²) >= 11 is 0. The fraction of sp³-hybridized carbons (Fsp3) is 0.333. The molecule has 0 radical (unpaired) electrons. The van der Waals surface area contributed by atoms with Crippen LogP contribution < -0.4 is 25.5 Å². The normalized spacial score (nSPS) is 20.6. The van der Waals surface area contributed by atoms with E-state index < -0.39 is 0 Å². The molecule has 2 atom stereocenters. The summed E-state index contributed by atoms with van der Waals surface area (Å²) in [5.74, 6) is 0. The van der Waals surface area contributed by atoms with Crippen LogP contribution in [0.2, 0.25) is 0 Å². The monoisotopic (exact) mass is 1010 g/mol.